The van der Waals surface area contributed by atoms with Crippen LogP contribution in [0.3, 0.4) is 0 Å². The maximum Gasteiger partial charge on any atom is 0.189 e. The number of piperidine rings is 1. The molecule has 5 nitrogen and oxygen atoms in total. The van der Waals surface area contributed by atoms with Crippen molar-refractivity contribution in [2.45, 2.75) is 25.4 Å². The molecule has 148 valence electrons. The van der Waals surface area contributed by atoms with Gasteiger partial charge < -0.3 is 15.6 Å². The fourth-order valence-electron chi connectivity index (χ4n) is 3.31. The van der Waals surface area contributed by atoms with Crippen molar-refractivity contribution in [3.8, 4) is 11.5 Å². The fourth-order valence-corrected chi connectivity index (χ4v) is 3.44. The van der Waals surface area contributed by atoms with Crippen LogP contribution in [0.2, 0.25) is 5.02 Å². The number of nitrogens with zero attached hydrogens (tertiary/aromatic N) is 1. The highest BCUT2D eigenvalue weighted by Crippen LogP contribution is 2.30. The number of hydrogen-bond donors (Lipinski definition) is 2. The number of nitrogens with two attached hydrogens (primary N) is 1. The molecule has 2 aromatic rings. The Hall–Kier alpha value is -2.34. The van der Waals surface area contributed by atoms with Crippen molar-refractivity contribution in [2.24, 2.45) is 5.73 Å². The van der Waals surface area contributed by atoms with Crippen LogP contribution in [-0.4, -0.2) is 42.0 Å². The SMILES string of the molecule is COc1cc(O)c(C(=O)/C=C/c2ccc(Cl)cc2)cc1CN1CCC(N)CC1. The lowest BCUT2D eigenvalue weighted by Gasteiger charge is -2.30. The second kappa shape index (κ2) is 9.24. The molecule has 0 atom stereocenters. The molecule has 0 bridgehead atoms. The van der Waals surface area contributed by atoms with E-state index < -0.39 is 0 Å². The number of carbonyl (C=O) groups is 1. The summed E-state index contributed by atoms with van der Waals surface area (Å²) < 4.78 is 5.41. The van der Waals surface area contributed by atoms with Crippen molar-refractivity contribution in [1.29, 1.82) is 0 Å². The molecule has 1 aliphatic heterocycles. The molecular weight excluding hydrogens is 376 g/mol. The molecule has 0 aliphatic carbocycles. The number of phenols is 1. The van der Waals surface area contributed by atoms with Crippen LogP contribution in [0.15, 0.2) is 42.5 Å². The second-order valence-corrected chi connectivity index (χ2v) is 7.48. The topological polar surface area (TPSA) is 75.8 Å². The van der Waals surface area contributed by atoms with Crippen molar-refractivity contribution >= 4 is 23.5 Å². The Balaban J connectivity index is 1.80. The summed E-state index contributed by atoms with van der Waals surface area (Å²) >= 11 is 5.88. The number of allylic oxidation sites excluding steroid dienone is 1. The molecule has 6 heteroatoms. The predicted octanol–water partition coefficient (Wildman–Crippen LogP) is 3.87. The van der Waals surface area contributed by atoms with Crippen molar-refractivity contribution in [3.63, 3.8) is 0 Å². The monoisotopic (exact) mass is 400 g/mol. The molecule has 3 rings (SSSR count). The first-order valence-corrected chi connectivity index (χ1v) is 9.70. The van der Waals surface area contributed by atoms with Gasteiger partial charge in [0.25, 0.3) is 0 Å². The van der Waals surface area contributed by atoms with Crippen LogP contribution in [0.4, 0.5) is 0 Å². The van der Waals surface area contributed by atoms with E-state index in [2.05, 4.69) is 4.90 Å². The molecule has 1 saturated heterocycles. The summed E-state index contributed by atoms with van der Waals surface area (Å²) in [6.45, 7) is 2.47. The number of rotatable bonds is 6. The van der Waals surface area contributed by atoms with E-state index in [0.717, 1.165) is 37.1 Å². The Morgan fingerprint density at radius 1 is 1.29 bits per heavy atom. The van der Waals surface area contributed by atoms with Crippen LogP contribution in [0.5, 0.6) is 11.5 Å². The van der Waals surface area contributed by atoms with E-state index in [1.54, 1.807) is 31.4 Å². The van der Waals surface area contributed by atoms with Crippen LogP contribution in [0.1, 0.15) is 34.3 Å². The summed E-state index contributed by atoms with van der Waals surface area (Å²) in [6.07, 6.45) is 5.06. The summed E-state index contributed by atoms with van der Waals surface area (Å²) in [5.74, 6) is 0.217. The van der Waals surface area contributed by atoms with Gasteiger partial charge in [0.05, 0.1) is 12.7 Å². The number of carbonyl (C=O) groups excluding carboxylic acids is 1. The molecule has 0 saturated carbocycles. The molecule has 0 aromatic heterocycles. The normalized spacial score (nSPS) is 15.8. The Morgan fingerprint density at radius 2 is 1.96 bits per heavy atom. The van der Waals surface area contributed by atoms with Gasteiger partial charge in [-0.25, -0.2) is 0 Å². The zero-order chi connectivity index (χ0) is 20.1. The van der Waals surface area contributed by atoms with E-state index in [1.807, 2.05) is 12.1 Å². The molecule has 1 fully saturated rings. The van der Waals surface area contributed by atoms with Crippen molar-refractivity contribution in [3.05, 3.63) is 64.2 Å². The summed E-state index contributed by atoms with van der Waals surface area (Å²) in [7, 11) is 1.56. The lowest BCUT2D eigenvalue weighted by Crippen LogP contribution is -2.39. The number of hydrogen-bond acceptors (Lipinski definition) is 5. The van der Waals surface area contributed by atoms with Crippen LogP contribution >= 0.6 is 11.6 Å². The average molecular weight is 401 g/mol. The molecule has 1 heterocycles. The van der Waals surface area contributed by atoms with Gasteiger partial charge in [-0.3, -0.25) is 9.69 Å². The van der Waals surface area contributed by atoms with Gasteiger partial charge in [-0.05, 0) is 55.8 Å². The number of benzene rings is 2. The number of aromatic hydroxyl groups is 1. The quantitative estimate of drug-likeness (QED) is 0.568. The van der Waals surface area contributed by atoms with E-state index in [4.69, 9.17) is 22.1 Å². The Bertz CT molecular complexity index is 857. The Labute approximate surface area is 170 Å². The summed E-state index contributed by atoms with van der Waals surface area (Å²) in [5, 5.41) is 10.9. The highest BCUT2D eigenvalue weighted by molar-refractivity contribution is 6.30. The molecule has 2 aromatic carbocycles. The number of ketones is 1. The first-order chi connectivity index (χ1) is 13.5. The standard InChI is InChI=1S/C22H25ClN2O3/c1-28-22-13-21(27)19(12-16(22)14-25-10-8-18(24)9-11-25)20(26)7-4-15-2-5-17(23)6-3-15/h2-7,12-13,18,27H,8-11,14,24H2,1H3/b7-4+. The first kappa shape index (κ1) is 20.4. The van der Waals surface area contributed by atoms with Crippen LogP contribution in [-0.2, 0) is 6.54 Å². The van der Waals surface area contributed by atoms with E-state index in [0.29, 0.717) is 17.3 Å². The molecule has 28 heavy (non-hydrogen) atoms. The van der Waals surface area contributed by atoms with Gasteiger partial charge in [0, 0.05) is 29.2 Å². The molecule has 0 spiro atoms. The van der Waals surface area contributed by atoms with E-state index in [-0.39, 0.29) is 23.1 Å². The highest BCUT2D eigenvalue weighted by atomic mass is 35.5. The number of likely N-dealkylation sites (tertiary alicyclic amines) is 1. The number of ether oxygens (including phenoxy) is 1. The van der Waals surface area contributed by atoms with Crippen molar-refractivity contribution in [1.82, 2.24) is 4.90 Å². The van der Waals surface area contributed by atoms with Gasteiger partial charge in [0.1, 0.15) is 11.5 Å². The molecule has 3 N–H and O–H groups in total. The predicted molar refractivity (Wildman–Crippen MR) is 112 cm³/mol. The zero-order valence-corrected chi connectivity index (χ0v) is 16.7. The third-order valence-electron chi connectivity index (χ3n) is 4.99. The third kappa shape index (κ3) is 5.13. The minimum absolute atomic E-state index is 0.0907. The van der Waals surface area contributed by atoms with Gasteiger partial charge >= 0.3 is 0 Å². The van der Waals surface area contributed by atoms with Crippen LogP contribution < -0.4 is 10.5 Å². The Morgan fingerprint density at radius 3 is 2.61 bits per heavy atom. The fraction of sp³-hybridized carbons (Fsp3) is 0.318. The van der Waals surface area contributed by atoms with Gasteiger partial charge in [-0.1, -0.05) is 29.8 Å². The lowest BCUT2D eigenvalue weighted by molar-refractivity contribution is 0.104. The molecule has 1 aliphatic rings. The third-order valence-corrected chi connectivity index (χ3v) is 5.24. The summed E-state index contributed by atoms with van der Waals surface area (Å²) in [6, 6.07) is 10.7. The van der Waals surface area contributed by atoms with Crippen LogP contribution in [0, 0.1) is 0 Å². The maximum absolute atomic E-state index is 12.6. The summed E-state index contributed by atoms with van der Waals surface area (Å²) in [4.78, 5) is 14.9. The van der Waals surface area contributed by atoms with Crippen molar-refractivity contribution < 1.29 is 14.6 Å². The Kier molecular flexibility index (Phi) is 6.73. The molecule has 0 radical (unpaired) electrons. The van der Waals surface area contributed by atoms with Gasteiger partial charge in [0.2, 0.25) is 0 Å². The first-order valence-electron chi connectivity index (χ1n) is 9.32. The van der Waals surface area contributed by atoms with Crippen molar-refractivity contribution in [2.75, 3.05) is 20.2 Å². The molecule has 0 amide bonds. The lowest BCUT2D eigenvalue weighted by atomic mass is 10.0. The zero-order valence-electron chi connectivity index (χ0n) is 15.9. The van der Waals surface area contributed by atoms with E-state index in [9.17, 15) is 9.90 Å². The minimum Gasteiger partial charge on any atom is -0.507 e. The summed E-state index contributed by atoms with van der Waals surface area (Å²) in [5.41, 5.74) is 7.97. The van der Waals surface area contributed by atoms with Gasteiger partial charge in [0.15, 0.2) is 5.78 Å². The molecular formula is C22H25ClN2O3. The van der Waals surface area contributed by atoms with Crippen LogP contribution in [0.25, 0.3) is 6.08 Å². The second-order valence-electron chi connectivity index (χ2n) is 7.04. The largest absolute Gasteiger partial charge is 0.507 e. The number of halogens is 1. The van der Waals surface area contributed by atoms with Gasteiger partial charge in [-0.15, -0.1) is 0 Å². The minimum atomic E-state index is -0.267. The maximum atomic E-state index is 12.6. The number of phenolic OH excluding ortho intramolecular Hbond substituents is 1. The highest BCUT2D eigenvalue weighted by Gasteiger charge is 2.20. The smallest absolute Gasteiger partial charge is 0.189 e. The van der Waals surface area contributed by atoms with E-state index in [1.165, 1.54) is 12.1 Å². The molecule has 0 unspecified atom stereocenters. The number of methoxy groups -OCH3 is 1. The average Bonchev–Trinajstić information content (AvgIpc) is 2.70. The van der Waals surface area contributed by atoms with E-state index >= 15 is 0 Å². The van der Waals surface area contributed by atoms with Gasteiger partial charge in [-0.2, -0.15) is 0 Å².